The Balaban J connectivity index is 2.88. The van der Waals surface area contributed by atoms with Crippen molar-refractivity contribution in [3.63, 3.8) is 0 Å². The number of carboxylic acid groups (broad SMARTS) is 1. The van der Waals surface area contributed by atoms with Gasteiger partial charge in [0.15, 0.2) is 5.16 Å². The summed E-state index contributed by atoms with van der Waals surface area (Å²) >= 11 is 3.07. The lowest BCUT2D eigenvalue weighted by Gasteiger charge is -2.17. The number of carboxylic acids is 1. The van der Waals surface area contributed by atoms with Crippen LogP contribution in [0.1, 0.15) is 25.6 Å². The fourth-order valence-electron chi connectivity index (χ4n) is 1.66. The molecule has 96 valence electrons. The van der Waals surface area contributed by atoms with Gasteiger partial charge in [-0.05, 0) is 19.6 Å². The molecule has 0 radical (unpaired) electrons. The highest BCUT2D eigenvalue weighted by molar-refractivity contribution is 7.99. The Hall–Kier alpha value is -0.620. The molecule has 0 aromatic carbocycles. The van der Waals surface area contributed by atoms with Crippen LogP contribution in [0, 0.1) is 0 Å². The van der Waals surface area contributed by atoms with Gasteiger partial charge in [0.2, 0.25) is 0 Å². The number of aromatic nitrogens is 2. The molecule has 0 aliphatic rings. The maximum atomic E-state index is 10.6. The van der Waals surface area contributed by atoms with Crippen molar-refractivity contribution in [1.29, 1.82) is 0 Å². The van der Waals surface area contributed by atoms with Crippen LogP contribution in [-0.4, -0.2) is 38.4 Å². The van der Waals surface area contributed by atoms with Gasteiger partial charge in [0.1, 0.15) is 0 Å². The van der Waals surface area contributed by atoms with Crippen molar-refractivity contribution in [2.24, 2.45) is 0 Å². The molecule has 1 rings (SSSR count). The summed E-state index contributed by atoms with van der Waals surface area (Å²) in [7, 11) is 0. The Morgan fingerprint density at radius 3 is 2.88 bits per heavy atom. The van der Waals surface area contributed by atoms with Crippen LogP contribution in [-0.2, 0) is 11.2 Å². The van der Waals surface area contributed by atoms with Crippen LogP contribution in [0.5, 0.6) is 0 Å². The minimum atomic E-state index is -0.805. The monoisotopic (exact) mass is 274 g/mol. The number of aliphatic carboxylic acids is 1. The summed E-state index contributed by atoms with van der Waals surface area (Å²) < 4.78 is 2.16. The summed E-state index contributed by atoms with van der Waals surface area (Å²) in [5.41, 5.74) is 1.17. The van der Waals surface area contributed by atoms with E-state index in [4.69, 9.17) is 5.11 Å². The molecule has 1 aromatic heterocycles. The normalized spacial score (nSPS) is 12.6. The van der Waals surface area contributed by atoms with E-state index in [0.717, 1.165) is 17.3 Å². The molecule has 0 amide bonds. The zero-order chi connectivity index (χ0) is 12.8. The third-order valence-electron chi connectivity index (χ3n) is 2.38. The predicted molar refractivity (Wildman–Crippen MR) is 73.1 cm³/mol. The Labute approximate surface area is 110 Å². The van der Waals surface area contributed by atoms with Gasteiger partial charge in [-0.15, -0.1) is 0 Å². The molecular formula is C11H18N2O2S2. The standard InChI is InChI=1S/C11H18N2O2S2/c1-4-9-5-12-11(17-7-10(14)15)13(9)8(2)6-16-3/h5,8H,4,6-7H2,1-3H3,(H,14,15). The topological polar surface area (TPSA) is 55.1 Å². The largest absolute Gasteiger partial charge is 0.481 e. The number of hydrogen-bond acceptors (Lipinski definition) is 4. The predicted octanol–water partition coefficient (Wildman–Crippen LogP) is 2.55. The van der Waals surface area contributed by atoms with E-state index in [2.05, 4.69) is 29.7 Å². The number of hydrogen-bond donors (Lipinski definition) is 1. The minimum absolute atomic E-state index is 0.0617. The summed E-state index contributed by atoms with van der Waals surface area (Å²) in [5, 5.41) is 9.52. The Kier molecular flexibility index (Phi) is 5.91. The first kappa shape index (κ1) is 14.4. The smallest absolute Gasteiger partial charge is 0.313 e. The second-order valence-electron chi connectivity index (χ2n) is 3.74. The Morgan fingerprint density at radius 2 is 2.35 bits per heavy atom. The van der Waals surface area contributed by atoms with E-state index >= 15 is 0 Å². The van der Waals surface area contributed by atoms with Crippen molar-refractivity contribution in [1.82, 2.24) is 9.55 Å². The van der Waals surface area contributed by atoms with Gasteiger partial charge < -0.3 is 9.67 Å². The van der Waals surface area contributed by atoms with Gasteiger partial charge in [0, 0.05) is 23.7 Å². The molecule has 0 saturated heterocycles. The summed E-state index contributed by atoms with van der Waals surface area (Å²) in [6.07, 6.45) is 4.84. The summed E-state index contributed by atoms with van der Waals surface area (Å²) in [4.78, 5) is 14.9. The molecule has 0 spiro atoms. The zero-order valence-corrected chi connectivity index (χ0v) is 12.0. The van der Waals surface area contributed by atoms with E-state index in [0.29, 0.717) is 6.04 Å². The van der Waals surface area contributed by atoms with Gasteiger partial charge >= 0.3 is 5.97 Å². The number of imidazole rings is 1. The van der Waals surface area contributed by atoms with Gasteiger partial charge in [-0.3, -0.25) is 4.79 Å². The van der Waals surface area contributed by atoms with Crippen molar-refractivity contribution in [3.8, 4) is 0 Å². The number of thioether (sulfide) groups is 2. The molecule has 6 heteroatoms. The van der Waals surface area contributed by atoms with Gasteiger partial charge in [0.25, 0.3) is 0 Å². The summed E-state index contributed by atoms with van der Waals surface area (Å²) in [5.74, 6) is 0.260. The van der Waals surface area contributed by atoms with Crippen molar-refractivity contribution in [2.75, 3.05) is 17.8 Å². The average molecular weight is 274 g/mol. The quantitative estimate of drug-likeness (QED) is 0.774. The molecule has 1 heterocycles. The molecule has 0 aliphatic carbocycles. The second-order valence-corrected chi connectivity index (χ2v) is 5.60. The molecule has 17 heavy (non-hydrogen) atoms. The molecule has 0 bridgehead atoms. The van der Waals surface area contributed by atoms with E-state index < -0.39 is 5.97 Å². The number of nitrogens with zero attached hydrogens (tertiary/aromatic N) is 2. The maximum Gasteiger partial charge on any atom is 0.313 e. The number of aryl methyl sites for hydroxylation is 1. The number of rotatable bonds is 7. The minimum Gasteiger partial charge on any atom is -0.481 e. The van der Waals surface area contributed by atoms with Gasteiger partial charge in [0.05, 0.1) is 5.75 Å². The first-order valence-electron chi connectivity index (χ1n) is 5.49. The first-order valence-corrected chi connectivity index (χ1v) is 7.87. The van der Waals surface area contributed by atoms with Gasteiger partial charge in [-0.2, -0.15) is 11.8 Å². The fraction of sp³-hybridized carbons (Fsp3) is 0.636. The fourth-order valence-corrected chi connectivity index (χ4v) is 3.11. The molecular weight excluding hydrogens is 256 g/mol. The second kappa shape index (κ2) is 6.96. The van der Waals surface area contributed by atoms with Crippen molar-refractivity contribution >= 4 is 29.5 Å². The lowest BCUT2D eigenvalue weighted by molar-refractivity contribution is -0.133. The lowest BCUT2D eigenvalue weighted by atomic mass is 10.3. The van der Waals surface area contributed by atoms with E-state index in [1.807, 2.05) is 6.20 Å². The lowest BCUT2D eigenvalue weighted by Crippen LogP contribution is -2.12. The van der Waals surface area contributed by atoms with Crippen LogP contribution in [0.2, 0.25) is 0 Å². The molecule has 0 saturated carbocycles. The summed E-state index contributed by atoms with van der Waals surface area (Å²) in [6, 6.07) is 0.346. The van der Waals surface area contributed by atoms with E-state index in [9.17, 15) is 4.79 Å². The molecule has 1 aromatic rings. The molecule has 0 fully saturated rings. The van der Waals surface area contributed by atoms with Crippen LogP contribution in [0.15, 0.2) is 11.4 Å². The maximum absolute atomic E-state index is 10.6. The highest BCUT2D eigenvalue weighted by Crippen LogP contribution is 2.25. The number of carbonyl (C=O) groups is 1. The van der Waals surface area contributed by atoms with Crippen molar-refractivity contribution < 1.29 is 9.90 Å². The molecule has 0 aliphatic heterocycles. The van der Waals surface area contributed by atoms with Crippen LogP contribution >= 0.6 is 23.5 Å². The highest BCUT2D eigenvalue weighted by atomic mass is 32.2. The van der Waals surface area contributed by atoms with Crippen LogP contribution < -0.4 is 0 Å². The Bertz CT molecular complexity index is 380. The molecule has 1 atom stereocenters. The van der Waals surface area contributed by atoms with E-state index in [1.54, 1.807) is 11.8 Å². The van der Waals surface area contributed by atoms with Crippen molar-refractivity contribution in [3.05, 3.63) is 11.9 Å². The third-order valence-corrected chi connectivity index (χ3v) is 4.14. The third kappa shape index (κ3) is 3.96. The highest BCUT2D eigenvalue weighted by Gasteiger charge is 2.15. The van der Waals surface area contributed by atoms with Crippen LogP contribution in [0.25, 0.3) is 0 Å². The molecule has 4 nitrogen and oxygen atoms in total. The first-order chi connectivity index (χ1) is 8.10. The van der Waals surface area contributed by atoms with Crippen LogP contribution in [0.3, 0.4) is 0 Å². The molecule has 1 N–H and O–H groups in total. The van der Waals surface area contributed by atoms with Crippen LogP contribution in [0.4, 0.5) is 0 Å². The molecule has 1 unspecified atom stereocenters. The van der Waals surface area contributed by atoms with E-state index in [1.165, 1.54) is 17.5 Å². The average Bonchev–Trinajstić information content (AvgIpc) is 2.69. The summed E-state index contributed by atoms with van der Waals surface area (Å²) in [6.45, 7) is 4.23. The zero-order valence-electron chi connectivity index (χ0n) is 10.3. The van der Waals surface area contributed by atoms with Gasteiger partial charge in [-0.1, -0.05) is 18.7 Å². The van der Waals surface area contributed by atoms with E-state index in [-0.39, 0.29) is 5.75 Å². The Morgan fingerprint density at radius 1 is 1.65 bits per heavy atom. The van der Waals surface area contributed by atoms with Crippen molar-refractivity contribution in [2.45, 2.75) is 31.5 Å². The SMILES string of the molecule is CCc1cnc(SCC(=O)O)n1C(C)CSC. The van der Waals surface area contributed by atoms with Gasteiger partial charge in [-0.25, -0.2) is 4.98 Å².